The summed E-state index contributed by atoms with van der Waals surface area (Å²) in [5.74, 6) is -1.22. The number of rotatable bonds is 3. The van der Waals surface area contributed by atoms with E-state index in [1.807, 2.05) is 0 Å². The molecule has 0 spiro atoms. The maximum atomic E-state index is 10.3. The van der Waals surface area contributed by atoms with E-state index in [0.717, 1.165) is 0 Å². The maximum absolute atomic E-state index is 10.3. The van der Waals surface area contributed by atoms with Crippen LogP contribution in [-0.4, -0.2) is 46.0 Å². The number of amides is 1. The van der Waals surface area contributed by atoms with Gasteiger partial charge in [0.15, 0.2) is 0 Å². The Kier molecular flexibility index (Phi) is 3.73. The molecule has 64 valence electrons. The van der Waals surface area contributed by atoms with E-state index in [1.54, 1.807) is 0 Å². The summed E-state index contributed by atoms with van der Waals surface area (Å²) in [5, 5.41) is 16.8. The van der Waals surface area contributed by atoms with Crippen LogP contribution in [0, 0.1) is 0 Å². The summed E-state index contributed by atoms with van der Waals surface area (Å²) in [7, 11) is 1.19. The molecule has 1 unspecified atom stereocenters. The Morgan fingerprint density at radius 2 is 2.00 bits per heavy atom. The summed E-state index contributed by atoms with van der Waals surface area (Å²) in [5.41, 5.74) is 0. The lowest BCUT2D eigenvalue weighted by molar-refractivity contribution is -0.141. The van der Waals surface area contributed by atoms with Crippen LogP contribution in [0.15, 0.2) is 0 Å². The van der Waals surface area contributed by atoms with Crippen molar-refractivity contribution in [2.75, 3.05) is 12.8 Å². The molecule has 11 heavy (non-hydrogen) atoms. The Morgan fingerprint density at radius 1 is 1.55 bits per heavy atom. The lowest BCUT2D eigenvalue weighted by atomic mass is 10.3. The fourth-order valence-electron chi connectivity index (χ4n) is 0.500. The number of aliphatic carboxylic acids is 1. The molecule has 5 nitrogen and oxygen atoms in total. The van der Waals surface area contributed by atoms with Gasteiger partial charge in [-0.15, -0.1) is 0 Å². The third kappa shape index (κ3) is 2.67. The average Bonchev–Trinajstić information content (AvgIpc) is 1.88. The van der Waals surface area contributed by atoms with Gasteiger partial charge in [0.25, 0.3) is 0 Å². The first-order valence-corrected chi connectivity index (χ1v) is 3.43. The smallest absolute Gasteiger partial charge is 0.407 e. The fraction of sp³-hybridized carbons (Fsp3) is 0.600. The first kappa shape index (κ1) is 10.1. The monoisotopic (exact) mass is 179 g/mol. The van der Waals surface area contributed by atoms with Crippen molar-refractivity contribution in [2.24, 2.45) is 0 Å². The van der Waals surface area contributed by atoms with Crippen molar-refractivity contribution in [2.45, 2.75) is 6.04 Å². The summed E-state index contributed by atoms with van der Waals surface area (Å²) >= 11 is 3.70. The molecule has 0 saturated carbocycles. The van der Waals surface area contributed by atoms with E-state index in [1.165, 1.54) is 7.05 Å². The highest BCUT2D eigenvalue weighted by atomic mass is 32.1. The molecule has 1 atom stereocenters. The quantitative estimate of drug-likeness (QED) is 0.532. The van der Waals surface area contributed by atoms with Crippen LogP contribution in [0.2, 0.25) is 0 Å². The van der Waals surface area contributed by atoms with Crippen molar-refractivity contribution in [1.29, 1.82) is 0 Å². The number of hydrogen-bond donors (Lipinski definition) is 3. The summed E-state index contributed by atoms with van der Waals surface area (Å²) < 4.78 is 0. The summed E-state index contributed by atoms with van der Waals surface area (Å²) in [6.07, 6.45) is -1.27. The highest BCUT2D eigenvalue weighted by Gasteiger charge is 2.24. The van der Waals surface area contributed by atoms with Gasteiger partial charge in [0.1, 0.15) is 6.04 Å². The predicted molar refractivity (Wildman–Crippen MR) is 41.1 cm³/mol. The van der Waals surface area contributed by atoms with Crippen LogP contribution in [0.5, 0.6) is 0 Å². The maximum Gasteiger partial charge on any atom is 0.407 e. The normalized spacial score (nSPS) is 12.2. The van der Waals surface area contributed by atoms with E-state index in [4.69, 9.17) is 10.2 Å². The topological polar surface area (TPSA) is 77.8 Å². The van der Waals surface area contributed by atoms with Gasteiger partial charge in [0.05, 0.1) is 0 Å². The van der Waals surface area contributed by atoms with E-state index in [0.29, 0.717) is 4.90 Å². The lowest BCUT2D eigenvalue weighted by Gasteiger charge is -2.19. The first-order valence-electron chi connectivity index (χ1n) is 2.80. The molecule has 0 bridgehead atoms. The average molecular weight is 179 g/mol. The Morgan fingerprint density at radius 3 is 2.09 bits per heavy atom. The zero-order valence-corrected chi connectivity index (χ0v) is 6.78. The largest absolute Gasteiger partial charge is 0.480 e. The van der Waals surface area contributed by atoms with Crippen molar-refractivity contribution >= 4 is 24.7 Å². The number of hydrogen-bond acceptors (Lipinski definition) is 3. The predicted octanol–water partition coefficient (Wildman–Crippen LogP) is -0.0208. The number of likely N-dealkylation sites (N-methyl/N-ethyl adjacent to an activating group) is 1. The van der Waals surface area contributed by atoms with Gasteiger partial charge >= 0.3 is 12.1 Å². The molecule has 0 fully saturated rings. The van der Waals surface area contributed by atoms with E-state index in [-0.39, 0.29) is 5.75 Å². The Hall–Kier alpha value is -0.910. The van der Waals surface area contributed by atoms with Crippen LogP contribution < -0.4 is 0 Å². The minimum Gasteiger partial charge on any atom is -0.480 e. The summed E-state index contributed by atoms with van der Waals surface area (Å²) in [6, 6.07) is -1.07. The minimum atomic E-state index is -1.27. The molecule has 0 radical (unpaired) electrons. The van der Waals surface area contributed by atoms with Crippen molar-refractivity contribution < 1.29 is 19.8 Å². The molecule has 2 N–H and O–H groups in total. The van der Waals surface area contributed by atoms with E-state index in [2.05, 4.69) is 12.6 Å². The van der Waals surface area contributed by atoms with Crippen molar-refractivity contribution in [1.82, 2.24) is 4.90 Å². The van der Waals surface area contributed by atoms with Crippen LogP contribution in [-0.2, 0) is 4.79 Å². The lowest BCUT2D eigenvalue weighted by Crippen LogP contribution is -2.42. The Bertz CT molecular complexity index is 172. The molecule has 0 aliphatic rings. The molecule has 0 aromatic rings. The molecule has 0 aromatic carbocycles. The molecule has 1 amide bonds. The van der Waals surface area contributed by atoms with E-state index < -0.39 is 18.1 Å². The highest BCUT2D eigenvalue weighted by Crippen LogP contribution is 1.99. The fourth-order valence-corrected chi connectivity index (χ4v) is 0.901. The van der Waals surface area contributed by atoms with Crippen LogP contribution in [0.3, 0.4) is 0 Å². The SMILES string of the molecule is CN(C(=O)O)C(CS)C(=O)O. The molecule has 0 aromatic heterocycles. The molecule has 0 rings (SSSR count). The van der Waals surface area contributed by atoms with Gasteiger partial charge < -0.3 is 10.2 Å². The third-order valence-corrected chi connectivity index (χ3v) is 1.57. The van der Waals surface area contributed by atoms with E-state index in [9.17, 15) is 9.59 Å². The molecule has 0 heterocycles. The number of carbonyl (C=O) groups is 2. The first-order chi connectivity index (χ1) is 5.00. The number of carboxylic acid groups (broad SMARTS) is 2. The molecule has 0 aliphatic carbocycles. The molecule has 0 saturated heterocycles. The number of nitrogens with zero attached hydrogens (tertiary/aromatic N) is 1. The van der Waals surface area contributed by atoms with Crippen molar-refractivity contribution in [3.63, 3.8) is 0 Å². The molecular formula is C5H9NO4S. The van der Waals surface area contributed by atoms with Crippen molar-refractivity contribution in [3.8, 4) is 0 Å². The standard InChI is InChI=1S/C5H9NO4S/c1-6(5(9)10)3(2-11)4(7)8/h3,11H,2H2,1H3,(H,7,8)(H,9,10). The van der Waals surface area contributed by atoms with Crippen LogP contribution >= 0.6 is 12.6 Å². The zero-order chi connectivity index (χ0) is 9.02. The van der Waals surface area contributed by atoms with Gasteiger partial charge in [-0.2, -0.15) is 12.6 Å². The van der Waals surface area contributed by atoms with Gasteiger partial charge in [-0.1, -0.05) is 0 Å². The van der Waals surface area contributed by atoms with E-state index >= 15 is 0 Å². The highest BCUT2D eigenvalue weighted by molar-refractivity contribution is 7.80. The second kappa shape index (κ2) is 4.07. The van der Waals surface area contributed by atoms with Crippen LogP contribution in [0.4, 0.5) is 4.79 Å². The number of thiol groups is 1. The summed E-state index contributed by atoms with van der Waals surface area (Å²) in [6.45, 7) is 0. The third-order valence-electron chi connectivity index (χ3n) is 1.23. The van der Waals surface area contributed by atoms with Crippen LogP contribution in [0.1, 0.15) is 0 Å². The van der Waals surface area contributed by atoms with Crippen molar-refractivity contribution in [3.05, 3.63) is 0 Å². The molecule has 0 aliphatic heterocycles. The zero-order valence-electron chi connectivity index (χ0n) is 5.89. The summed E-state index contributed by atoms with van der Waals surface area (Å²) in [4.78, 5) is 21.3. The van der Waals surface area contributed by atoms with Crippen LogP contribution in [0.25, 0.3) is 0 Å². The second-order valence-electron chi connectivity index (χ2n) is 1.93. The van der Waals surface area contributed by atoms with Gasteiger partial charge in [0.2, 0.25) is 0 Å². The molecule has 6 heteroatoms. The molecular weight excluding hydrogens is 170 g/mol. The van der Waals surface area contributed by atoms with Gasteiger partial charge in [-0.3, -0.25) is 4.90 Å². The Balaban J connectivity index is 4.25. The van der Waals surface area contributed by atoms with Gasteiger partial charge in [-0.05, 0) is 0 Å². The second-order valence-corrected chi connectivity index (χ2v) is 2.30. The van der Waals surface area contributed by atoms with Gasteiger partial charge in [0, 0.05) is 12.8 Å². The number of carboxylic acids is 1. The Labute approximate surface area is 69.0 Å². The minimum absolute atomic E-state index is 0.0296. The van der Waals surface area contributed by atoms with Gasteiger partial charge in [-0.25, -0.2) is 9.59 Å².